The number of hydrogen-bond acceptors (Lipinski definition) is 5. The third-order valence-electron chi connectivity index (χ3n) is 2.74. The van der Waals surface area contributed by atoms with Crippen molar-refractivity contribution in [3.8, 4) is 0 Å². The Hall–Kier alpha value is -0.503. The molecule has 0 saturated carbocycles. The maximum atomic E-state index is 6.12. The van der Waals surface area contributed by atoms with E-state index < -0.39 is 20.5 Å². The van der Waals surface area contributed by atoms with Crippen molar-refractivity contribution in [1.82, 2.24) is 0 Å². The van der Waals surface area contributed by atoms with Gasteiger partial charge in [-0.25, -0.2) is 0 Å². The van der Waals surface area contributed by atoms with Gasteiger partial charge in [-0.05, 0) is 6.42 Å². The minimum Gasteiger partial charge on any atom is -0.400 e. The second-order valence-corrected chi connectivity index (χ2v) is 6.09. The fourth-order valence-electron chi connectivity index (χ4n) is 1.43. The standard InChI is InChI=1S/C10H23N3O2Si/c1-5-7-9(11,6-2)10(12,13)8-16(14-3)15-4/h5-6,16H,1-2,7-8,11-13H2,3-4H3. The molecule has 94 valence electrons. The Balaban J connectivity index is 4.84. The van der Waals surface area contributed by atoms with Crippen LogP contribution in [0.2, 0.25) is 6.04 Å². The van der Waals surface area contributed by atoms with Crippen LogP contribution in [0.25, 0.3) is 0 Å². The SMILES string of the molecule is C=CCC(N)(C=C)C(N)(N)C[SiH](OC)OC. The molecule has 0 radical (unpaired) electrons. The Morgan fingerprint density at radius 2 is 1.69 bits per heavy atom. The van der Waals surface area contributed by atoms with E-state index in [-0.39, 0.29) is 0 Å². The monoisotopic (exact) mass is 245 g/mol. The van der Waals surface area contributed by atoms with Gasteiger partial charge in [-0.15, -0.1) is 13.2 Å². The Morgan fingerprint density at radius 1 is 1.19 bits per heavy atom. The Morgan fingerprint density at radius 3 is 2.00 bits per heavy atom. The van der Waals surface area contributed by atoms with Gasteiger partial charge in [-0.3, -0.25) is 0 Å². The van der Waals surface area contributed by atoms with Crippen molar-refractivity contribution >= 4 is 9.28 Å². The first kappa shape index (κ1) is 15.5. The van der Waals surface area contributed by atoms with Crippen LogP contribution in [0.3, 0.4) is 0 Å². The molecule has 0 fully saturated rings. The Bertz CT molecular complexity index is 244. The first-order chi connectivity index (χ1) is 7.36. The van der Waals surface area contributed by atoms with Gasteiger partial charge in [0.05, 0.1) is 11.2 Å². The third kappa shape index (κ3) is 3.51. The van der Waals surface area contributed by atoms with Crippen LogP contribution in [0.1, 0.15) is 6.42 Å². The zero-order valence-corrected chi connectivity index (χ0v) is 11.3. The quantitative estimate of drug-likeness (QED) is 0.306. The summed E-state index contributed by atoms with van der Waals surface area (Å²) < 4.78 is 10.4. The molecule has 0 aliphatic carbocycles. The number of rotatable bonds is 8. The first-order valence-electron chi connectivity index (χ1n) is 5.03. The van der Waals surface area contributed by atoms with Gasteiger partial charge in [0.15, 0.2) is 0 Å². The molecular formula is C10H23N3O2Si. The topological polar surface area (TPSA) is 96.5 Å². The number of hydrogen-bond donors (Lipinski definition) is 3. The van der Waals surface area contributed by atoms with E-state index >= 15 is 0 Å². The molecule has 0 bridgehead atoms. The molecule has 0 aromatic heterocycles. The Labute approximate surface area is 99.1 Å². The van der Waals surface area contributed by atoms with Crippen LogP contribution < -0.4 is 17.2 Å². The average molecular weight is 245 g/mol. The maximum absolute atomic E-state index is 6.12. The van der Waals surface area contributed by atoms with Crippen LogP contribution in [0.4, 0.5) is 0 Å². The maximum Gasteiger partial charge on any atom is 0.324 e. The largest absolute Gasteiger partial charge is 0.400 e. The van der Waals surface area contributed by atoms with E-state index in [1.807, 2.05) is 0 Å². The molecular weight excluding hydrogens is 222 g/mol. The molecule has 0 rings (SSSR count). The summed E-state index contributed by atoms with van der Waals surface area (Å²) in [6, 6.07) is 0.399. The summed E-state index contributed by atoms with van der Waals surface area (Å²) in [6.07, 6.45) is 3.69. The summed E-state index contributed by atoms with van der Waals surface area (Å²) in [5.41, 5.74) is 16.2. The second-order valence-electron chi connectivity index (χ2n) is 3.88. The molecule has 5 nitrogen and oxygen atoms in total. The van der Waals surface area contributed by atoms with Crippen LogP contribution >= 0.6 is 0 Å². The molecule has 16 heavy (non-hydrogen) atoms. The van der Waals surface area contributed by atoms with Crippen molar-refractivity contribution in [2.45, 2.75) is 23.7 Å². The highest BCUT2D eigenvalue weighted by molar-refractivity contribution is 6.44. The van der Waals surface area contributed by atoms with Crippen molar-refractivity contribution in [3.63, 3.8) is 0 Å². The number of nitrogens with two attached hydrogens (primary N) is 3. The van der Waals surface area contributed by atoms with Crippen molar-refractivity contribution in [3.05, 3.63) is 25.3 Å². The van der Waals surface area contributed by atoms with Gasteiger partial charge in [-0.2, -0.15) is 0 Å². The van der Waals surface area contributed by atoms with Gasteiger partial charge < -0.3 is 26.1 Å². The van der Waals surface area contributed by atoms with Gasteiger partial charge >= 0.3 is 9.28 Å². The molecule has 0 spiro atoms. The first-order valence-corrected chi connectivity index (χ1v) is 6.79. The molecule has 0 heterocycles. The summed E-state index contributed by atoms with van der Waals surface area (Å²) in [7, 11) is 1.29. The molecule has 0 saturated heterocycles. The predicted octanol–water partition coefficient (Wildman–Crippen LogP) is -0.427. The van der Waals surface area contributed by atoms with Crippen LogP contribution in [-0.2, 0) is 8.85 Å². The Kier molecular flexibility index (Phi) is 6.09. The summed E-state index contributed by atoms with van der Waals surface area (Å²) >= 11 is 0. The van der Waals surface area contributed by atoms with E-state index in [0.29, 0.717) is 12.5 Å². The van der Waals surface area contributed by atoms with E-state index in [4.69, 9.17) is 26.1 Å². The molecule has 1 atom stereocenters. The predicted molar refractivity (Wildman–Crippen MR) is 69.0 cm³/mol. The molecule has 6 heteroatoms. The summed E-state index contributed by atoms with van der Waals surface area (Å²) in [5, 5.41) is 0. The highest BCUT2D eigenvalue weighted by Crippen LogP contribution is 2.23. The fraction of sp³-hybridized carbons (Fsp3) is 0.600. The fourth-order valence-corrected chi connectivity index (χ4v) is 2.89. The van der Waals surface area contributed by atoms with Gasteiger partial charge in [0.1, 0.15) is 0 Å². The smallest absolute Gasteiger partial charge is 0.324 e. The summed E-state index contributed by atoms with van der Waals surface area (Å²) in [4.78, 5) is 0. The second kappa shape index (κ2) is 6.29. The van der Waals surface area contributed by atoms with Crippen LogP contribution in [-0.4, -0.2) is 34.7 Å². The summed E-state index contributed by atoms with van der Waals surface area (Å²) in [5.74, 6) is 0. The molecule has 0 aromatic carbocycles. The lowest BCUT2D eigenvalue weighted by molar-refractivity contribution is 0.237. The molecule has 1 unspecified atom stereocenters. The minimum absolute atomic E-state index is 0.399. The lowest BCUT2D eigenvalue weighted by atomic mass is 9.84. The van der Waals surface area contributed by atoms with E-state index in [0.717, 1.165) is 0 Å². The van der Waals surface area contributed by atoms with Crippen LogP contribution in [0.15, 0.2) is 25.3 Å². The molecule has 6 N–H and O–H groups in total. The van der Waals surface area contributed by atoms with E-state index in [1.54, 1.807) is 26.4 Å². The van der Waals surface area contributed by atoms with Gasteiger partial charge in [0.25, 0.3) is 0 Å². The molecule has 0 amide bonds. The summed E-state index contributed by atoms with van der Waals surface area (Å²) in [6.45, 7) is 7.31. The molecule has 0 aromatic rings. The van der Waals surface area contributed by atoms with Crippen LogP contribution in [0.5, 0.6) is 0 Å². The highest BCUT2D eigenvalue weighted by Gasteiger charge is 2.42. The minimum atomic E-state index is -1.87. The lowest BCUT2D eigenvalue weighted by Crippen LogP contribution is -2.71. The van der Waals surface area contributed by atoms with Gasteiger partial charge in [-0.1, -0.05) is 12.2 Å². The molecule has 0 aliphatic heterocycles. The van der Waals surface area contributed by atoms with E-state index in [9.17, 15) is 0 Å². The van der Waals surface area contributed by atoms with Crippen molar-refractivity contribution in [1.29, 1.82) is 0 Å². The van der Waals surface area contributed by atoms with Gasteiger partial charge in [0, 0.05) is 20.3 Å². The molecule has 0 aliphatic rings. The third-order valence-corrected chi connectivity index (χ3v) is 4.80. The zero-order chi connectivity index (χ0) is 12.8. The zero-order valence-electron chi connectivity index (χ0n) is 10.1. The van der Waals surface area contributed by atoms with E-state index in [1.165, 1.54) is 0 Å². The highest BCUT2D eigenvalue weighted by atomic mass is 28.3. The van der Waals surface area contributed by atoms with Crippen molar-refractivity contribution < 1.29 is 8.85 Å². The van der Waals surface area contributed by atoms with Gasteiger partial charge in [0.2, 0.25) is 0 Å². The normalized spacial score (nSPS) is 15.9. The van der Waals surface area contributed by atoms with E-state index in [2.05, 4.69) is 13.2 Å². The van der Waals surface area contributed by atoms with Crippen molar-refractivity contribution in [2.24, 2.45) is 17.2 Å². The lowest BCUT2D eigenvalue weighted by Gasteiger charge is -2.41. The van der Waals surface area contributed by atoms with Crippen LogP contribution in [0, 0.1) is 0 Å². The van der Waals surface area contributed by atoms with Crippen molar-refractivity contribution in [2.75, 3.05) is 14.2 Å². The average Bonchev–Trinajstić information content (AvgIpc) is 2.25.